The second kappa shape index (κ2) is 26.2. The second-order valence-electron chi connectivity index (χ2n) is 23.8. The Hall–Kier alpha value is -9.38. The number of anilines is 2. The fourth-order valence-corrected chi connectivity index (χ4v) is 12.4. The Morgan fingerprint density at radius 2 is 0.989 bits per heavy atom. The molecule has 0 unspecified atom stereocenters. The van der Waals surface area contributed by atoms with E-state index in [-0.39, 0.29) is 29.4 Å². The van der Waals surface area contributed by atoms with E-state index in [1.54, 1.807) is 55.7 Å². The number of furan rings is 2. The van der Waals surface area contributed by atoms with Crippen LogP contribution in [0.3, 0.4) is 0 Å². The molecule has 0 saturated carbocycles. The number of nitrogens with zero attached hydrogens (tertiary/aromatic N) is 4. The predicted octanol–water partition coefficient (Wildman–Crippen LogP) is 16.1. The van der Waals surface area contributed by atoms with Crippen molar-refractivity contribution in [2.75, 3.05) is 42.3 Å². The van der Waals surface area contributed by atoms with Gasteiger partial charge in [-0.05, 0) is 163 Å². The monoisotopic (exact) mass is 1360 g/mol. The van der Waals surface area contributed by atoms with Crippen LogP contribution in [0.15, 0.2) is 208 Å². The van der Waals surface area contributed by atoms with E-state index in [0.717, 1.165) is 49.9 Å². The van der Waals surface area contributed by atoms with Crippen molar-refractivity contribution in [1.29, 1.82) is 0 Å². The zero-order valence-electron chi connectivity index (χ0n) is 53.1. The molecule has 0 atom stereocenters. The molecule has 1 N–H and O–H groups in total. The number of aromatic nitrogens is 2. The van der Waals surface area contributed by atoms with Crippen LogP contribution < -0.4 is 19.4 Å². The summed E-state index contributed by atoms with van der Waals surface area (Å²) in [5.41, 5.74) is 7.40. The Morgan fingerprint density at radius 1 is 0.543 bits per heavy atom. The summed E-state index contributed by atoms with van der Waals surface area (Å²) in [5, 5.41) is 8.17. The molecule has 12 aromatic rings. The molecule has 8 aromatic carbocycles. The van der Waals surface area contributed by atoms with Crippen molar-refractivity contribution < 1.29 is 53.3 Å². The van der Waals surface area contributed by atoms with Gasteiger partial charge in [0.05, 0.1) is 46.2 Å². The van der Waals surface area contributed by atoms with E-state index in [1.165, 1.54) is 76.9 Å². The van der Waals surface area contributed by atoms with Crippen molar-refractivity contribution in [3.05, 3.63) is 222 Å². The van der Waals surface area contributed by atoms with Crippen LogP contribution in [0.4, 0.5) is 20.2 Å². The summed E-state index contributed by atoms with van der Waals surface area (Å²) in [4.78, 5) is 34.6. The SMILES string of the molecule is Brc1ccc2cnccc2c1.CCC(=O)c1c(-c2ccc(F)cc2)oc2cc(N(C)S(C)(=O)=O)c(-c3cccc(B4OC(C)(C)C(C)(C)O4)c3)cc12.CNC(=O)c1c(-c2ccc(F)cc2)oc2cc(N(C)S(C)(=O)=O)c(-c3cccc(-c4ccc5cnccc5c4)c3)cc12. The topological polar surface area (TPSA) is 191 Å². The molecule has 15 nitrogen and oxygen atoms in total. The normalized spacial score (nSPS) is 13.5. The van der Waals surface area contributed by atoms with Gasteiger partial charge >= 0.3 is 7.12 Å². The van der Waals surface area contributed by atoms with Crippen LogP contribution >= 0.6 is 15.9 Å². The molecule has 478 valence electrons. The minimum Gasteiger partial charge on any atom is -0.455 e. The lowest BCUT2D eigenvalue weighted by molar-refractivity contribution is 0.00578. The number of fused-ring (bicyclic) bond motifs is 4. The number of amides is 1. The Bertz CT molecular complexity index is 5150. The maximum absolute atomic E-state index is 13.7. The smallest absolute Gasteiger partial charge is 0.455 e. The third-order valence-electron chi connectivity index (χ3n) is 17.0. The van der Waals surface area contributed by atoms with Crippen LogP contribution in [0.5, 0.6) is 0 Å². The van der Waals surface area contributed by atoms with Gasteiger partial charge in [-0.3, -0.25) is 28.2 Å². The molecule has 1 aliphatic rings. The van der Waals surface area contributed by atoms with Gasteiger partial charge < -0.3 is 23.5 Å². The van der Waals surface area contributed by atoms with E-state index in [1.807, 2.05) is 125 Å². The van der Waals surface area contributed by atoms with Crippen molar-refractivity contribution in [3.63, 3.8) is 0 Å². The van der Waals surface area contributed by atoms with Gasteiger partial charge in [0.1, 0.15) is 34.3 Å². The van der Waals surface area contributed by atoms with Crippen molar-refractivity contribution >= 4 is 115 Å². The van der Waals surface area contributed by atoms with Crippen LogP contribution in [0.2, 0.25) is 0 Å². The Kier molecular flexibility index (Phi) is 18.4. The lowest BCUT2D eigenvalue weighted by Gasteiger charge is -2.32. The number of carbonyl (C=O) groups excluding carboxylic acids is 2. The highest BCUT2D eigenvalue weighted by molar-refractivity contribution is 9.10. The molecule has 94 heavy (non-hydrogen) atoms. The zero-order chi connectivity index (χ0) is 67.2. The van der Waals surface area contributed by atoms with Crippen molar-refractivity contribution in [1.82, 2.24) is 15.3 Å². The van der Waals surface area contributed by atoms with Crippen LogP contribution in [-0.4, -0.2) is 90.5 Å². The van der Waals surface area contributed by atoms with E-state index in [4.69, 9.17) is 18.1 Å². The van der Waals surface area contributed by atoms with E-state index in [0.29, 0.717) is 72.5 Å². The second-order valence-corrected chi connectivity index (χ2v) is 28.7. The summed E-state index contributed by atoms with van der Waals surface area (Å²) in [7, 11) is -3.46. The van der Waals surface area contributed by atoms with Crippen LogP contribution in [0.25, 0.3) is 99.5 Å². The molecule has 5 heterocycles. The van der Waals surface area contributed by atoms with Gasteiger partial charge in [0.2, 0.25) is 20.0 Å². The lowest BCUT2D eigenvalue weighted by Crippen LogP contribution is -2.41. The predicted molar refractivity (Wildman–Crippen MR) is 374 cm³/mol. The fourth-order valence-electron chi connectivity index (χ4n) is 11.0. The van der Waals surface area contributed by atoms with Crippen molar-refractivity contribution in [2.24, 2.45) is 0 Å². The summed E-state index contributed by atoms with van der Waals surface area (Å²) < 4.78 is 107. The summed E-state index contributed by atoms with van der Waals surface area (Å²) >= 11 is 3.41. The van der Waals surface area contributed by atoms with Gasteiger partial charge in [0.15, 0.2) is 5.78 Å². The lowest BCUT2D eigenvalue weighted by atomic mass is 9.78. The molecule has 0 spiro atoms. The number of sulfonamides is 2. The number of pyridine rings is 2. The third-order valence-corrected chi connectivity index (χ3v) is 19.9. The minimum absolute atomic E-state index is 0.149. The number of carbonyl (C=O) groups is 2. The molecular formula is C73H65BBrF2N5O10S2. The van der Waals surface area contributed by atoms with E-state index in [2.05, 4.69) is 43.3 Å². The highest BCUT2D eigenvalue weighted by Crippen LogP contribution is 2.45. The molecule has 1 aliphatic heterocycles. The standard InChI is InChI=1S/C33H26FN3O4S.C31H33BFNO6S.C9H6BrN/c1-35-33(38)31-28-17-27(24-6-4-5-21(16-24)22-7-8-25-19-36-14-13-23(25)15-22)29(37(2)42(3,39)40)18-30(28)41-32(31)20-9-11-26(34)12-10-20;1-8-26(35)28-24-17-23(20-10-9-11-21(16-20)32-39-30(2,3)31(4,5)40-32)25(34(6)41(7,36)37)18-27(24)38-29(28)19-12-14-22(33)15-13-19;10-9-2-1-8-6-11-4-3-7(8)5-9/h4-19H,1-3H3,(H,35,38);9-18H,8H2,1-7H3;1-6H. The quantitative estimate of drug-likeness (QED) is 0.0850. The first-order valence-corrected chi connectivity index (χ1v) is 34.4. The number of rotatable bonds is 13. The Labute approximate surface area is 552 Å². The molecule has 1 amide bonds. The van der Waals surface area contributed by atoms with Gasteiger partial charge in [-0.25, -0.2) is 25.6 Å². The number of ketones is 1. The summed E-state index contributed by atoms with van der Waals surface area (Å²) in [6.07, 6.45) is 9.70. The molecule has 4 aromatic heterocycles. The highest BCUT2D eigenvalue weighted by atomic mass is 79.9. The van der Waals surface area contributed by atoms with Crippen LogP contribution in [-0.2, 0) is 29.4 Å². The van der Waals surface area contributed by atoms with Gasteiger partial charge in [-0.2, -0.15) is 0 Å². The summed E-state index contributed by atoms with van der Waals surface area (Å²) in [6.45, 7) is 9.68. The molecule has 13 rings (SSSR count). The minimum atomic E-state index is -3.66. The summed E-state index contributed by atoms with van der Waals surface area (Å²) in [5.74, 6) is -0.795. The van der Waals surface area contributed by atoms with Gasteiger partial charge in [-0.1, -0.05) is 83.5 Å². The van der Waals surface area contributed by atoms with Gasteiger partial charge in [0, 0.05) is 113 Å². The maximum atomic E-state index is 13.7. The van der Waals surface area contributed by atoms with Crippen LogP contribution in [0.1, 0.15) is 61.8 Å². The molecule has 21 heteroatoms. The average Bonchev–Trinajstić information content (AvgIpc) is 1.55. The number of halogens is 3. The van der Waals surface area contributed by atoms with Gasteiger partial charge in [-0.15, -0.1) is 0 Å². The molecule has 0 radical (unpaired) electrons. The van der Waals surface area contributed by atoms with E-state index >= 15 is 0 Å². The average molecular weight is 1370 g/mol. The van der Waals surface area contributed by atoms with E-state index < -0.39 is 50.0 Å². The Balaban J connectivity index is 0.000000164. The number of nitrogens with one attached hydrogen (secondary N) is 1. The maximum Gasteiger partial charge on any atom is 0.494 e. The molecule has 0 aliphatic carbocycles. The van der Waals surface area contributed by atoms with Crippen molar-refractivity contribution in [2.45, 2.75) is 52.2 Å². The number of Topliss-reactive ketones (excluding diaryl/α,β-unsaturated/α-hetero) is 1. The number of hydrogen-bond donors (Lipinski definition) is 1. The van der Waals surface area contributed by atoms with Crippen molar-refractivity contribution in [3.8, 4) is 56.0 Å². The highest BCUT2D eigenvalue weighted by Gasteiger charge is 2.51. The third kappa shape index (κ3) is 13.5. The number of hydrogen-bond acceptors (Lipinski definition) is 12. The largest absolute Gasteiger partial charge is 0.494 e. The zero-order valence-corrected chi connectivity index (χ0v) is 56.3. The van der Waals surface area contributed by atoms with Crippen LogP contribution in [0, 0.1) is 11.6 Å². The van der Waals surface area contributed by atoms with Gasteiger partial charge in [0.25, 0.3) is 5.91 Å². The first kappa shape index (κ1) is 66.1. The molecule has 1 saturated heterocycles. The molecular weight excluding hydrogens is 1300 g/mol. The first-order valence-electron chi connectivity index (χ1n) is 29.9. The fraction of sp³-hybridized carbons (Fsp3) is 0.178. The Morgan fingerprint density at radius 3 is 1.50 bits per heavy atom. The molecule has 0 bridgehead atoms. The van der Waals surface area contributed by atoms with E-state index in [9.17, 15) is 35.2 Å². The first-order chi connectivity index (χ1) is 44.6. The number of benzene rings is 8. The molecule has 1 fully saturated rings. The summed E-state index contributed by atoms with van der Waals surface area (Å²) in [6, 6.07) is 49.7.